The minimum atomic E-state index is -0.00240. The number of carbonyl (C=O) groups excluding carboxylic acids is 1. The van der Waals surface area contributed by atoms with Crippen LogP contribution in [0.2, 0.25) is 0 Å². The monoisotopic (exact) mass is 268 g/mol. The zero-order valence-electron chi connectivity index (χ0n) is 11.3. The number of amides is 1. The molecule has 1 aliphatic rings. The summed E-state index contributed by atoms with van der Waals surface area (Å²) in [7, 11) is 1.58. The molecular formula is C16H16N2O2. The molecule has 4 nitrogen and oxygen atoms in total. The maximum absolute atomic E-state index is 12.1. The minimum absolute atomic E-state index is 0.00240. The first-order valence-corrected chi connectivity index (χ1v) is 6.62. The fraction of sp³-hybridized carbons (Fsp3) is 0.250. The van der Waals surface area contributed by atoms with Crippen molar-refractivity contribution >= 4 is 5.91 Å². The number of benzene rings is 1. The van der Waals surface area contributed by atoms with Crippen molar-refractivity contribution in [2.45, 2.75) is 18.9 Å². The maximum Gasteiger partial charge on any atom is 0.228 e. The summed E-state index contributed by atoms with van der Waals surface area (Å²) in [5.74, 6) is 0.657. The fourth-order valence-electron chi connectivity index (χ4n) is 2.44. The number of hydrogen-bond donors (Lipinski definition) is 1. The Bertz CT molecular complexity index is 623. The molecule has 1 N–H and O–H groups in total. The van der Waals surface area contributed by atoms with Gasteiger partial charge in [0.15, 0.2) is 0 Å². The summed E-state index contributed by atoms with van der Waals surface area (Å²) in [5.41, 5.74) is 3.39. The van der Waals surface area contributed by atoms with Crippen molar-refractivity contribution in [3.05, 3.63) is 59.3 Å². The summed E-state index contributed by atoms with van der Waals surface area (Å²) < 4.78 is 5.00. The molecule has 1 aromatic heterocycles. The van der Waals surface area contributed by atoms with Gasteiger partial charge in [-0.1, -0.05) is 30.3 Å². The van der Waals surface area contributed by atoms with Crippen molar-refractivity contribution < 1.29 is 9.53 Å². The molecule has 1 heterocycles. The summed E-state index contributed by atoms with van der Waals surface area (Å²) in [5, 5.41) is 2.96. The first-order chi connectivity index (χ1) is 9.78. The van der Waals surface area contributed by atoms with Gasteiger partial charge in [-0.05, 0) is 23.1 Å². The standard InChI is InChI=1S/C16H16N2O2/c1-20-15-7-6-11(9-17-15)10-18-16(19)14-8-12-4-2-3-5-13(12)14/h2-7,9,14H,8,10H2,1H3,(H,18,19). The van der Waals surface area contributed by atoms with Gasteiger partial charge in [0.1, 0.15) is 0 Å². The van der Waals surface area contributed by atoms with Crippen LogP contribution < -0.4 is 10.1 Å². The topological polar surface area (TPSA) is 51.2 Å². The van der Waals surface area contributed by atoms with Crippen molar-refractivity contribution in [1.82, 2.24) is 10.3 Å². The highest BCUT2D eigenvalue weighted by atomic mass is 16.5. The molecule has 1 aliphatic carbocycles. The Kier molecular flexibility index (Phi) is 3.37. The summed E-state index contributed by atoms with van der Waals surface area (Å²) >= 11 is 0. The average molecular weight is 268 g/mol. The van der Waals surface area contributed by atoms with Gasteiger partial charge in [0.2, 0.25) is 11.8 Å². The lowest BCUT2D eigenvalue weighted by Crippen LogP contribution is -2.35. The number of aromatic nitrogens is 1. The third-order valence-corrected chi connectivity index (χ3v) is 3.64. The lowest BCUT2D eigenvalue weighted by atomic mass is 9.77. The number of ether oxygens (including phenoxy) is 1. The SMILES string of the molecule is COc1ccc(CNC(=O)C2Cc3ccccc32)cn1. The third kappa shape index (κ3) is 2.37. The predicted octanol–water partition coefficient (Wildman–Crippen LogP) is 2.05. The minimum Gasteiger partial charge on any atom is -0.481 e. The first kappa shape index (κ1) is 12.7. The molecule has 0 saturated heterocycles. The Hall–Kier alpha value is -2.36. The molecule has 2 aromatic rings. The van der Waals surface area contributed by atoms with E-state index in [0.717, 1.165) is 17.5 Å². The van der Waals surface area contributed by atoms with Crippen LogP contribution in [0.25, 0.3) is 0 Å². The molecule has 0 radical (unpaired) electrons. The molecule has 4 heteroatoms. The number of rotatable bonds is 4. The number of nitrogens with one attached hydrogen (secondary N) is 1. The third-order valence-electron chi connectivity index (χ3n) is 3.64. The van der Waals surface area contributed by atoms with Gasteiger partial charge in [-0.3, -0.25) is 4.79 Å². The van der Waals surface area contributed by atoms with E-state index in [2.05, 4.69) is 16.4 Å². The van der Waals surface area contributed by atoms with Crippen molar-refractivity contribution in [3.8, 4) is 5.88 Å². The van der Waals surface area contributed by atoms with Crippen LogP contribution in [0, 0.1) is 0 Å². The van der Waals surface area contributed by atoms with Crippen LogP contribution in [0.3, 0.4) is 0 Å². The molecule has 1 amide bonds. The molecule has 0 saturated carbocycles. The van der Waals surface area contributed by atoms with E-state index in [-0.39, 0.29) is 11.8 Å². The van der Waals surface area contributed by atoms with E-state index >= 15 is 0 Å². The summed E-state index contributed by atoms with van der Waals surface area (Å²) in [6.07, 6.45) is 2.55. The Labute approximate surface area is 117 Å². The van der Waals surface area contributed by atoms with Crippen LogP contribution in [0.15, 0.2) is 42.6 Å². The highest BCUT2D eigenvalue weighted by Gasteiger charge is 2.31. The predicted molar refractivity (Wildman–Crippen MR) is 75.5 cm³/mol. The number of nitrogens with zero attached hydrogens (tertiary/aromatic N) is 1. The Morgan fingerprint density at radius 2 is 2.20 bits per heavy atom. The van der Waals surface area contributed by atoms with E-state index in [1.165, 1.54) is 5.56 Å². The molecule has 20 heavy (non-hydrogen) atoms. The zero-order chi connectivity index (χ0) is 13.9. The second-order valence-corrected chi connectivity index (χ2v) is 4.88. The number of carbonyl (C=O) groups is 1. The Balaban J connectivity index is 1.58. The van der Waals surface area contributed by atoms with E-state index in [9.17, 15) is 4.79 Å². The van der Waals surface area contributed by atoms with E-state index < -0.39 is 0 Å². The summed E-state index contributed by atoms with van der Waals surface area (Å²) in [6, 6.07) is 11.8. The van der Waals surface area contributed by atoms with Gasteiger partial charge in [0, 0.05) is 18.8 Å². The molecule has 0 bridgehead atoms. The maximum atomic E-state index is 12.1. The summed E-state index contributed by atoms with van der Waals surface area (Å²) in [6.45, 7) is 0.495. The quantitative estimate of drug-likeness (QED) is 0.923. The van der Waals surface area contributed by atoms with Crippen LogP contribution in [-0.2, 0) is 17.8 Å². The van der Waals surface area contributed by atoms with E-state index in [0.29, 0.717) is 12.4 Å². The number of fused-ring (bicyclic) bond motifs is 1. The smallest absolute Gasteiger partial charge is 0.228 e. The Morgan fingerprint density at radius 1 is 1.35 bits per heavy atom. The molecular weight excluding hydrogens is 252 g/mol. The normalized spacial score (nSPS) is 15.9. The van der Waals surface area contributed by atoms with Gasteiger partial charge < -0.3 is 10.1 Å². The molecule has 0 aliphatic heterocycles. The lowest BCUT2D eigenvalue weighted by molar-refractivity contribution is -0.123. The van der Waals surface area contributed by atoms with Crippen LogP contribution in [0.5, 0.6) is 5.88 Å². The number of methoxy groups -OCH3 is 1. The van der Waals surface area contributed by atoms with Crippen LogP contribution in [-0.4, -0.2) is 18.0 Å². The van der Waals surface area contributed by atoms with Gasteiger partial charge >= 0.3 is 0 Å². The second-order valence-electron chi connectivity index (χ2n) is 4.88. The molecule has 1 aromatic carbocycles. The van der Waals surface area contributed by atoms with Crippen LogP contribution in [0.4, 0.5) is 0 Å². The van der Waals surface area contributed by atoms with Crippen molar-refractivity contribution in [2.24, 2.45) is 0 Å². The van der Waals surface area contributed by atoms with Gasteiger partial charge in [-0.2, -0.15) is 0 Å². The second kappa shape index (κ2) is 5.33. The van der Waals surface area contributed by atoms with Crippen LogP contribution in [0.1, 0.15) is 22.6 Å². The van der Waals surface area contributed by atoms with E-state index in [1.807, 2.05) is 24.3 Å². The lowest BCUT2D eigenvalue weighted by Gasteiger charge is -2.28. The highest BCUT2D eigenvalue weighted by Crippen LogP contribution is 2.34. The molecule has 3 rings (SSSR count). The van der Waals surface area contributed by atoms with E-state index in [4.69, 9.17) is 4.74 Å². The molecule has 1 atom stereocenters. The number of hydrogen-bond acceptors (Lipinski definition) is 3. The van der Waals surface area contributed by atoms with Crippen molar-refractivity contribution in [3.63, 3.8) is 0 Å². The van der Waals surface area contributed by atoms with Gasteiger partial charge in [0.25, 0.3) is 0 Å². The molecule has 0 fully saturated rings. The average Bonchev–Trinajstić information content (AvgIpc) is 2.47. The molecule has 102 valence electrons. The van der Waals surface area contributed by atoms with Gasteiger partial charge in [0.05, 0.1) is 13.0 Å². The van der Waals surface area contributed by atoms with Crippen LogP contribution >= 0.6 is 0 Å². The Morgan fingerprint density at radius 3 is 2.90 bits per heavy atom. The largest absolute Gasteiger partial charge is 0.481 e. The highest BCUT2D eigenvalue weighted by molar-refractivity contribution is 5.86. The fourth-order valence-corrected chi connectivity index (χ4v) is 2.44. The first-order valence-electron chi connectivity index (χ1n) is 6.62. The van der Waals surface area contributed by atoms with Crippen molar-refractivity contribution in [2.75, 3.05) is 7.11 Å². The van der Waals surface area contributed by atoms with Gasteiger partial charge in [-0.25, -0.2) is 4.98 Å². The number of pyridine rings is 1. The zero-order valence-corrected chi connectivity index (χ0v) is 11.3. The van der Waals surface area contributed by atoms with Crippen molar-refractivity contribution in [1.29, 1.82) is 0 Å². The van der Waals surface area contributed by atoms with Gasteiger partial charge in [-0.15, -0.1) is 0 Å². The molecule has 1 unspecified atom stereocenters. The van der Waals surface area contributed by atoms with E-state index in [1.54, 1.807) is 19.4 Å². The molecule has 0 spiro atoms. The summed E-state index contributed by atoms with van der Waals surface area (Å²) in [4.78, 5) is 16.2.